The molecule has 0 aromatic carbocycles. The summed E-state index contributed by atoms with van der Waals surface area (Å²) in [6, 6.07) is 0. The third-order valence-electron chi connectivity index (χ3n) is 0.986. The van der Waals surface area contributed by atoms with Crippen LogP contribution in [0.2, 0.25) is 0 Å². The van der Waals surface area contributed by atoms with E-state index in [9.17, 15) is 0 Å². The van der Waals surface area contributed by atoms with Crippen molar-refractivity contribution in [1.29, 1.82) is 0 Å². The predicted octanol–water partition coefficient (Wildman–Crippen LogP) is 0.676. The molecule has 1 atom stereocenters. The molecule has 46 valence electrons. The van der Waals surface area contributed by atoms with E-state index in [0.717, 1.165) is 12.3 Å². The average molecular weight is 114 g/mol. The molecule has 1 N–H and O–H groups in total. The highest BCUT2D eigenvalue weighted by atomic mass is 16.5. The summed E-state index contributed by atoms with van der Waals surface area (Å²) in [5.74, 6) is 0.803. The van der Waals surface area contributed by atoms with E-state index in [-0.39, 0.29) is 6.23 Å². The van der Waals surface area contributed by atoms with E-state index in [0.29, 0.717) is 0 Å². The van der Waals surface area contributed by atoms with Gasteiger partial charge in [-0.15, -0.1) is 5.10 Å². The van der Waals surface area contributed by atoms with Crippen molar-refractivity contribution in [3.63, 3.8) is 0 Å². The van der Waals surface area contributed by atoms with Crippen LogP contribution < -0.4 is 5.43 Å². The Morgan fingerprint density at radius 2 is 2.62 bits per heavy atom. The third-order valence-corrected chi connectivity index (χ3v) is 0.986. The van der Waals surface area contributed by atoms with Gasteiger partial charge in [-0.2, -0.15) is 0 Å². The first kappa shape index (κ1) is 5.41. The van der Waals surface area contributed by atoms with Gasteiger partial charge >= 0.3 is 0 Å². The van der Waals surface area contributed by atoms with Gasteiger partial charge in [0.2, 0.25) is 5.90 Å². The van der Waals surface area contributed by atoms with Crippen LogP contribution in [0, 0.1) is 0 Å². The van der Waals surface area contributed by atoms with E-state index in [1.54, 1.807) is 0 Å². The van der Waals surface area contributed by atoms with Crippen LogP contribution >= 0.6 is 0 Å². The zero-order valence-electron chi connectivity index (χ0n) is 5.14. The van der Waals surface area contributed by atoms with E-state index in [1.807, 2.05) is 13.8 Å². The van der Waals surface area contributed by atoms with Crippen molar-refractivity contribution in [3.05, 3.63) is 0 Å². The molecule has 0 spiro atoms. The van der Waals surface area contributed by atoms with Crippen molar-refractivity contribution in [2.75, 3.05) is 0 Å². The largest absolute Gasteiger partial charge is 0.455 e. The number of nitrogens with one attached hydrogen (secondary N) is 1. The smallest absolute Gasteiger partial charge is 0.207 e. The van der Waals surface area contributed by atoms with Crippen LogP contribution in [0.4, 0.5) is 0 Å². The van der Waals surface area contributed by atoms with Gasteiger partial charge in [0.25, 0.3) is 0 Å². The maximum Gasteiger partial charge on any atom is 0.207 e. The Morgan fingerprint density at radius 1 is 1.88 bits per heavy atom. The molecule has 1 aliphatic heterocycles. The van der Waals surface area contributed by atoms with Crippen molar-refractivity contribution in [2.45, 2.75) is 26.5 Å². The van der Waals surface area contributed by atoms with Crippen LogP contribution in [-0.2, 0) is 4.74 Å². The van der Waals surface area contributed by atoms with Gasteiger partial charge in [0.15, 0.2) is 6.23 Å². The zero-order chi connectivity index (χ0) is 5.98. The molecular weight excluding hydrogens is 104 g/mol. The second-order valence-electron chi connectivity index (χ2n) is 1.75. The highest BCUT2D eigenvalue weighted by Gasteiger charge is 2.10. The Balaban J connectivity index is 2.37. The summed E-state index contributed by atoms with van der Waals surface area (Å²) in [5.41, 5.74) is 2.79. The molecule has 1 aliphatic rings. The lowest BCUT2D eigenvalue weighted by molar-refractivity contribution is 0.204. The predicted molar refractivity (Wildman–Crippen MR) is 31.4 cm³/mol. The minimum atomic E-state index is 0.0740. The van der Waals surface area contributed by atoms with E-state index < -0.39 is 0 Å². The lowest BCUT2D eigenvalue weighted by Gasteiger charge is -2.00. The summed E-state index contributed by atoms with van der Waals surface area (Å²) in [4.78, 5) is 0. The summed E-state index contributed by atoms with van der Waals surface area (Å²) >= 11 is 0. The lowest BCUT2D eigenvalue weighted by Crippen LogP contribution is -2.16. The third kappa shape index (κ3) is 0.911. The molecule has 0 unspecified atom stereocenters. The zero-order valence-corrected chi connectivity index (χ0v) is 5.14. The molecule has 0 aromatic heterocycles. The van der Waals surface area contributed by atoms with Crippen molar-refractivity contribution < 1.29 is 4.74 Å². The molecule has 1 heterocycles. The second-order valence-corrected chi connectivity index (χ2v) is 1.75. The van der Waals surface area contributed by atoms with E-state index in [2.05, 4.69) is 10.5 Å². The molecule has 0 bridgehead atoms. The molecule has 3 heteroatoms. The van der Waals surface area contributed by atoms with Crippen molar-refractivity contribution in [3.8, 4) is 0 Å². The first-order valence-electron chi connectivity index (χ1n) is 2.81. The highest BCUT2D eigenvalue weighted by Crippen LogP contribution is 1.99. The fraction of sp³-hybridized carbons (Fsp3) is 0.800. The fourth-order valence-corrected chi connectivity index (χ4v) is 0.582. The SMILES string of the molecule is CCC1=NN[C@@H](C)O1. The van der Waals surface area contributed by atoms with E-state index in [4.69, 9.17) is 4.74 Å². The molecule has 0 radical (unpaired) electrons. The summed E-state index contributed by atoms with van der Waals surface area (Å²) < 4.78 is 5.15. The summed E-state index contributed by atoms with van der Waals surface area (Å²) in [5, 5.41) is 3.88. The van der Waals surface area contributed by atoms with Crippen molar-refractivity contribution >= 4 is 5.90 Å². The molecule has 1 rings (SSSR count). The molecule has 0 aliphatic carbocycles. The number of nitrogens with zero attached hydrogens (tertiary/aromatic N) is 1. The highest BCUT2D eigenvalue weighted by molar-refractivity contribution is 5.76. The molecule has 0 fully saturated rings. The van der Waals surface area contributed by atoms with Crippen LogP contribution in [0.3, 0.4) is 0 Å². The Hall–Kier alpha value is -0.730. The molecule has 0 saturated carbocycles. The number of hydrogen-bond donors (Lipinski definition) is 1. The molecule has 0 aromatic rings. The molecule has 0 saturated heterocycles. The Labute approximate surface area is 48.7 Å². The van der Waals surface area contributed by atoms with E-state index >= 15 is 0 Å². The van der Waals surface area contributed by atoms with Gasteiger partial charge in [-0.1, -0.05) is 6.92 Å². The summed E-state index contributed by atoms with van der Waals surface area (Å²) in [6.07, 6.45) is 0.946. The van der Waals surface area contributed by atoms with E-state index in [1.165, 1.54) is 0 Å². The summed E-state index contributed by atoms with van der Waals surface area (Å²) in [6.45, 7) is 3.94. The Morgan fingerprint density at radius 3 is 2.88 bits per heavy atom. The maximum atomic E-state index is 5.15. The van der Waals surface area contributed by atoms with Crippen LogP contribution in [0.5, 0.6) is 0 Å². The van der Waals surface area contributed by atoms with Crippen LogP contribution in [0.15, 0.2) is 5.10 Å². The summed E-state index contributed by atoms with van der Waals surface area (Å²) in [7, 11) is 0. The van der Waals surface area contributed by atoms with Crippen LogP contribution in [0.1, 0.15) is 20.3 Å². The van der Waals surface area contributed by atoms with Crippen molar-refractivity contribution in [1.82, 2.24) is 5.43 Å². The average Bonchev–Trinajstić information content (AvgIpc) is 2.14. The standard InChI is InChI=1S/C5H10N2O/c1-3-5-7-6-4(2)8-5/h4,6H,3H2,1-2H3/t4-/m1/s1. The Kier molecular flexibility index (Phi) is 1.37. The van der Waals surface area contributed by atoms with Gasteiger partial charge < -0.3 is 4.74 Å². The van der Waals surface area contributed by atoms with Gasteiger partial charge in [0, 0.05) is 6.42 Å². The monoisotopic (exact) mass is 114 g/mol. The topological polar surface area (TPSA) is 33.6 Å². The number of ether oxygens (including phenoxy) is 1. The molecule has 3 nitrogen and oxygen atoms in total. The number of hydrogen-bond acceptors (Lipinski definition) is 3. The molecular formula is C5H10N2O. The van der Waals surface area contributed by atoms with Gasteiger partial charge in [0.05, 0.1) is 0 Å². The fourth-order valence-electron chi connectivity index (χ4n) is 0.582. The lowest BCUT2D eigenvalue weighted by atomic mass is 10.5. The Bertz CT molecular complexity index is 111. The first-order chi connectivity index (χ1) is 3.83. The van der Waals surface area contributed by atoms with Gasteiger partial charge in [-0.05, 0) is 6.92 Å². The minimum Gasteiger partial charge on any atom is -0.455 e. The van der Waals surface area contributed by atoms with Crippen LogP contribution in [0.25, 0.3) is 0 Å². The van der Waals surface area contributed by atoms with Gasteiger partial charge in [-0.25, -0.2) is 0 Å². The quantitative estimate of drug-likeness (QED) is 0.543. The first-order valence-corrected chi connectivity index (χ1v) is 2.81. The normalized spacial score (nSPS) is 26.2. The van der Waals surface area contributed by atoms with Crippen molar-refractivity contribution in [2.24, 2.45) is 5.10 Å². The minimum absolute atomic E-state index is 0.0740. The van der Waals surface area contributed by atoms with Crippen LogP contribution in [-0.4, -0.2) is 12.1 Å². The second kappa shape index (κ2) is 2.03. The number of rotatable bonds is 1. The van der Waals surface area contributed by atoms with Gasteiger partial charge in [0.1, 0.15) is 0 Å². The number of hydrazone groups is 1. The maximum absolute atomic E-state index is 5.15. The molecule has 8 heavy (non-hydrogen) atoms. The molecule has 0 amide bonds. The van der Waals surface area contributed by atoms with Gasteiger partial charge in [-0.3, -0.25) is 5.43 Å².